The fraction of sp³-hybridized carbons (Fsp3) is 0.143. The van der Waals surface area contributed by atoms with Gasteiger partial charge in [0.15, 0.2) is 6.61 Å². The molecule has 3 aromatic rings. The van der Waals surface area contributed by atoms with E-state index in [1.165, 1.54) is 0 Å². The zero-order chi connectivity index (χ0) is 20.2. The Morgan fingerprint density at radius 1 is 1.14 bits per heavy atom. The van der Waals surface area contributed by atoms with Crippen molar-refractivity contribution in [1.29, 1.82) is 0 Å². The maximum atomic E-state index is 12.6. The maximum Gasteiger partial charge on any atom is 0.268 e. The van der Waals surface area contributed by atoms with Crippen molar-refractivity contribution in [2.45, 2.75) is 12.5 Å². The lowest BCUT2D eigenvalue weighted by molar-refractivity contribution is -0.125. The second-order valence-electron chi connectivity index (χ2n) is 6.48. The lowest BCUT2D eigenvalue weighted by atomic mass is 10.0. The molecular weight excluding hydrogens is 372 g/mol. The number of nitrogens with two attached hydrogens (primary N) is 1. The van der Waals surface area contributed by atoms with Crippen LogP contribution in [-0.2, 0) is 14.4 Å². The molecular formula is C21H18N4O4. The summed E-state index contributed by atoms with van der Waals surface area (Å²) in [6.07, 6.45) is 1.33. The number of hydrogen-bond donors (Lipinski definition) is 2. The molecule has 1 aromatic heterocycles. The molecule has 4 rings (SSSR count). The third-order valence-electron chi connectivity index (χ3n) is 4.43. The smallest absolute Gasteiger partial charge is 0.268 e. The van der Waals surface area contributed by atoms with Crippen molar-refractivity contribution in [3.63, 3.8) is 0 Å². The molecule has 2 aromatic carbocycles. The number of nitrogens with one attached hydrogen (secondary N) is 1. The third-order valence-corrected chi connectivity index (χ3v) is 4.43. The number of benzene rings is 2. The van der Waals surface area contributed by atoms with Crippen molar-refractivity contribution in [1.82, 2.24) is 4.98 Å². The average Bonchev–Trinajstić information content (AvgIpc) is 3.23. The van der Waals surface area contributed by atoms with Crippen LogP contribution >= 0.6 is 0 Å². The first-order chi connectivity index (χ1) is 14.1. The quantitative estimate of drug-likeness (QED) is 0.670. The Kier molecular flexibility index (Phi) is 5.07. The van der Waals surface area contributed by atoms with Gasteiger partial charge in [-0.1, -0.05) is 11.2 Å². The van der Waals surface area contributed by atoms with Gasteiger partial charge < -0.3 is 20.6 Å². The molecule has 1 aliphatic heterocycles. The molecule has 3 N–H and O–H groups in total. The van der Waals surface area contributed by atoms with E-state index in [1.807, 2.05) is 30.3 Å². The van der Waals surface area contributed by atoms with Gasteiger partial charge in [-0.2, -0.15) is 0 Å². The Hall–Kier alpha value is -3.94. The van der Waals surface area contributed by atoms with Gasteiger partial charge in [-0.05, 0) is 54.1 Å². The molecule has 2 amide bonds. The van der Waals surface area contributed by atoms with Crippen LogP contribution in [-0.4, -0.2) is 35.2 Å². The number of amides is 2. The van der Waals surface area contributed by atoms with Crippen molar-refractivity contribution in [2.75, 3.05) is 11.9 Å². The Morgan fingerprint density at radius 2 is 1.97 bits per heavy atom. The molecule has 8 nitrogen and oxygen atoms in total. The molecule has 0 radical (unpaired) electrons. The van der Waals surface area contributed by atoms with Crippen molar-refractivity contribution in [2.24, 2.45) is 10.9 Å². The van der Waals surface area contributed by atoms with E-state index in [-0.39, 0.29) is 12.5 Å². The summed E-state index contributed by atoms with van der Waals surface area (Å²) in [7, 11) is 0. The minimum atomic E-state index is -0.720. The van der Waals surface area contributed by atoms with Gasteiger partial charge in [-0.15, -0.1) is 0 Å². The minimum Gasteiger partial charge on any atom is -0.484 e. The van der Waals surface area contributed by atoms with E-state index in [2.05, 4.69) is 15.5 Å². The van der Waals surface area contributed by atoms with Crippen LogP contribution in [0, 0.1) is 0 Å². The predicted molar refractivity (Wildman–Crippen MR) is 108 cm³/mol. The second-order valence-corrected chi connectivity index (χ2v) is 6.48. The first-order valence-corrected chi connectivity index (χ1v) is 8.99. The van der Waals surface area contributed by atoms with Crippen molar-refractivity contribution in [3.8, 4) is 5.75 Å². The SMILES string of the molecule is NC(=O)COc1ccc(C2=NOC(C(=O)Nc3cccc4ncccc34)C2)cc1. The topological polar surface area (TPSA) is 116 Å². The van der Waals surface area contributed by atoms with E-state index < -0.39 is 12.0 Å². The van der Waals surface area contributed by atoms with Crippen molar-refractivity contribution < 1.29 is 19.2 Å². The maximum absolute atomic E-state index is 12.6. The predicted octanol–water partition coefficient (Wildman–Crippen LogP) is 2.23. The number of carbonyl (C=O) groups is 2. The van der Waals surface area contributed by atoms with Crippen LogP contribution in [0.2, 0.25) is 0 Å². The average molecular weight is 390 g/mol. The van der Waals surface area contributed by atoms with Crippen LogP contribution in [0.4, 0.5) is 5.69 Å². The summed E-state index contributed by atoms with van der Waals surface area (Å²) in [5.74, 6) is -0.300. The number of ether oxygens (including phenoxy) is 1. The van der Waals surface area contributed by atoms with Gasteiger partial charge in [0.1, 0.15) is 5.75 Å². The largest absolute Gasteiger partial charge is 0.484 e. The number of primary amides is 1. The van der Waals surface area contributed by atoms with Crippen LogP contribution in [0.5, 0.6) is 5.75 Å². The summed E-state index contributed by atoms with van der Waals surface area (Å²) >= 11 is 0. The van der Waals surface area contributed by atoms with Crippen molar-refractivity contribution in [3.05, 3.63) is 66.4 Å². The van der Waals surface area contributed by atoms with E-state index in [9.17, 15) is 9.59 Å². The highest BCUT2D eigenvalue weighted by atomic mass is 16.6. The van der Waals surface area contributed by atoms with E-state index >= 15 is 0 Å². The number of aromatic nitrogens is 1. The monoisotopic (exact) mass is 390 g/mol. The van der Waals surface area contributed by atoms with Crippen LogP contribution < -0.4 is 15.8 Å². The molecule has 2 heterocycles. The summed E-state index contributed by atoms with van der Waals surface area (Å²) in [5.41, 5.74) is 8.00. The Balaban J connectivity index is 1.40. The molecule has 0 saturated heterocycles. The molecule has 1 aliphatic rings. The van der Waals surface area contributed by atoms with Gasteiger partial charge in [-0.25, -0.2) is 0 Å². The summed E-state index contributed by atoms with van der Waals surface area (Å²) in [5, 5.41) is 7.79. The number of oxime groups is 1. The van der Waals surface area contributed by atoms with Crippen LogP contribution in [0.15, 0.2) is 65.9 Å². The fourth-order valence-corrected chi connectivity index (χ4v) is 3.01. The highest BCUT2D eigenvalue weighted by Crippen LogP contribution is 2.24. The van der Waals surface area contributed by atoms with Gasteiger partial charge in [0.25, 0.3) is 11.8 Å². The first-order valence-electron chi connectivity index (χ1n) is 8.99. The number of pyridine rings is 1. The summed E-state index contributed by atoms with van der Waals surface area (Å²) < 4.78 is 5.23. The van der Waals surface area contributed by atoms with E-state index in [1.54, 1.807) is 30.5 Å². The molecule has 0 aliphatic carbocycles. The molecule has 1 atom stereocenters. The van der Waals surface area contributed by atoms with Gasteiger partial charge >= 0.3 is 0 Å². The van der Waals surface area contributed by atoms with Crippen molar-refractivity contribution >= 4 is 34.1 Å². The van der Waals surface area contributed by atoms with Crippen LogP contribution in [0.25, 0.3) is 10.9 Å². The fourth-order valence-electron chi connectivity index (χ4n) is 3.01. The second kappa shape index (κ2) is 7.97. The molecule has 1 unspecified atom stereocenters. The zero-order valence-electron chi connectivity index (χ0n) is 15.4. The lowest BCUT2D eigenvalue weighted by Gasteiger charge is -2.11. The highest BCUT2D eigenvalue weighted by molar-refractivity contribution is 6.08. The van der Waals surface area contributed by atoms with Gasteiger partial charge in [0.2, 0.25) is 6.10 Å². The van der Waals surface area contributed by atoms with Gasteiger partial charge in [-0.3, -0.25) is 14.6 Å². The number of anilines is 1. The molecule has 0 saturated carbocycles. The van der Waals surface area contributed by atoms with E-state index in [4.69, 9.17) is 15.3 Å². The number of rotatable bonds is 6. The molecule has 0 fully saturated rings. The first kappa shape index (κ1) is 18.4. The number of nitrogens with zero attached hydrogens (tertiary/aromatic N) is 2. The summed E-state index contributed by atoms with van der Waals surface area (Å²) in [6.45, 7) is -0.185. The van der Waals surface area contributed by atoms with Crippen LogP contribution in [0.1, 0.15) is 12.0 Å². The Morgan fingerprint density at radius 3 is 2.76 bits per heavy atom. The van der Waals surface area contributed by atoms with E-state index in [0.717, 1.165) is 16.5 Å². The Labute approximate surface area is 166 Å². The highest BCUT2D eigenvalue weighted by Gasteiger charge is 2.29. The molecule has 0 spiro atoms. The molecule has 8 heteroatoms. The third kappa shape index (κ3) is 4.16. The number of hydrogen-bond acceptors (Lipinski definition) is 6. The molecule has 0 bridgehead atoms. The molecule has 29 heavy (non-hydrogen) atoms. The summed E-state index contributed by atoms with van der Waals surface area (Å²) in [4.78, 5) is 33.0. The lowest BCUT2D eigenvalue weighted by Crippen LogP contribution is -2.28. The Bertz CT molecular complexity index is 1090. The van der Waals surface area contributed by atoms with Crippen LogP contribution in [0.3, 0.4) is 0 Å². The standard InChI is InChI=1S/C21H18N4O4/c22-20(26)12-28-14-8-6-13(7-9-14)18-11-19(29-25-18)21(27)24-17-5-1-4-16-15(17)3-2-10-23-16/h1-10,19H,11-12H2,(H2,22,26)(H,24,27). The van der Waals surface area contributed by atoms with Gasteiger partial charge in [0, 0.05) is 18.0 Å². The number of carbonyl (C=O) groups excluding carboxylic acids is 2. The van der Waals surface area contributed by atoms with Gasteiger partial charge in [0.05, 0.1) is 16.9 Å². The normalized spacial score (nSPS) is 15.4. The summed E-state index contributed by atoms with van der Waals surface area (Å²) in [6, 6.07) is 16.3. The molecule has 146 valence electrons. The zero-order valence-corrected chi connectivity index (χ0v) is 15.4. The minimum absolute atomic E-state index is 0.185. The number of fused-ring (bicyclic) bond motifs is 1. The van der Waals surface area contributed by atoms with E-state index in [0.29, 0.717) is 23.6 Å².